The zero-order valence-electron chi connectivity index (χ0n) is 43.9. The number of fused-ring (bicyclic) bond motifs is 5. The second-order valence-electron chi connectivity index (χ2n) is 25.0. The summed E-state index contributed by atoms with van der Waals surface area (Å²) in [5.41, 5.74) is -4.66. The fraction of sp³-hybridized carbons (Fsp3) is 0.942. The van der Waals surface area contributed by atoms with Crippen molar-refractivity contribution in [3.63, 3.8) is 0 Å². The largest absolute Gasteiger partial charge is 0.396 e. The van der Waals surface area contributed by atoms with Crippen LogP contribution in [0.5, 0.6) is 0 Å². The van der Waals surface area contributed by atoms with Crippen LogP contribution in [0.3, 0.4) is 0 Å². The quantitative estimate of drug-likeness (QED) is 0.0678. The van der Waals surface area contributed by atoms with Crippen molar-refractivity contribution in [2.75, 3.05) is 26.4 Å². The summed E-state index contributed by atoms with van der Waals surface area (Å²) in [6.45, 7) is 13.3. The number of hydrogen-bond acceptors (Lipinski definition) is 22. The van der Waals surface area contributed by atoms with Gasteiger partial charge >= 0.3 is 0 Å². The molecular weight excluding hydrogens is 977 g/mol. The lowest BCUT2D eigenvalue weighted by molar-refractivity contribution is -0.398. The Balaban J connectivity index is 1.06. The maximum absolute atomic E-state index is 14.3. The summed E-state index contributed by atoms with van der Waals surface area (Å²) in [6, 6.07) is 0. The van der Waals surface area contributed by atoms with E-state index in [1.165, 1.54) is 6.92 Å². The third kappa shape index (κ3) is 10.2. The molecule has 0 spiro atoms. The predicted octanol–water partition coefficient (Wildman–Crippen LogP) is -1.75. The molecule has 4 aliphatic carbocycles. The third-order valence-electron chi connectivity index (χ3n) is 19.5. The van der Waals surface area contributed by atoms with Gasteiger partial charge in [0.1, 0.15) is 85.1 Å². The number of rotatable bonds is 14. The maximum Gasteiger partial charge on any atom is 0.187 e. The van der Waals surface area contributed by atoms with E-state index < -0.39 is 170 Å². The molecule has 0 radical (unpaired) electrons. The zero-order chi connectivity index (χ0) is 54.4. The lowest BCUT2D eigenvalue weighted by atomic mass is 9.35. The van der Waals surface area contributed by atoms with Gasteiger partial charge in [-0.3, -0.25) is 4.79 Å². The van der Waals surface area contributed by atoms with E-state index in [2.05, 4.69) is 27.7 Å². The lowest BCUT2D eigenvalue weighted by Crippen LogP contribution is -2.67. The first kappa shape index (κ1) is 58.7. The second kappa shape index (κ2) is 21.6. The number of ketones is 1. The van der Waals surface area contributed by atoms with Gasteiger partial charge in [0.05, 0.1) is 43.2 Å². The normalized spacial score (nSPS) is 51.7. The zero-order valence-corrected chi connectivity index (χ0v) is 43.9. The van der Waals surface area contributed by atoms with Crippen LogP contribution in [0.25, 0.3) is 0 Å². The monoisotopic (exact) mass is 1060 g/mol. The Bertz CT molecular complexity index is 1970. The average Bonchev–Trinajstić information content (AvgIpc) is 3.65. The van der Waals surface area contributed by atoms with Gasteiger partial charge in [0.15, 0.2) is 25.2 Å². The van der Waals surface area contributed by atoms with Gasteiger partial charge < -0.3 is 104 Å². The minimum Gasteiger partial charge on any atom is -0.396 e. The van der Waals surface area contributed by atoms with Crippen molar-refractivity contribution in [2.45, 2.75) is 235 Å². The molecular formula is C52H86O22. The van der Waals surface area contributed by atoms with Gasteiger partial charge in [0.25, 0.3) is 0 Å². The van der Waals surface area contributed by atoms with Crippen LogP contribution in [0.4, 0.5) is 0 Å². The van der Waals surface area contributed by atoms with Gasteiger partial charge in [-0.05, 0) is 107 Å². The Morgan fingerprint density at radius 1 is 0.649 bits per heavy atom. The lowest BCUT2D eigenvalue weighted by Gasteiger charge is -2.70. The Hall–Kier alpha value is -1.43. The molecule has 4 saturated heterocycles. The van der Waals surface area contributed by atoms with E-state index >= 15 is 0 Å². The van der Waals surface area contributed by atoms with Gasteiger partial charge in [-0.15, -0.1) is 0 Å². The number of carbonyl (C=O) groups excluding carboxylic acids is 1. The molecule has 0 bridgehead atoms. The maximum atomic E-state index is 14.3. The number of hydrogen-bond donors (Lipinski definition) is 13. The van der Waals surface area contributed by atoms with Crippen LogP contribution in [-0.4, -0.2) is 227 Å². The minimum atomic E-state index is -1.90. The van der Waals surface area contributed by atoms with E-state index in [9.17, 15) is 71.2 Å². The van der Waals surface area contributed by atoms with Crippen LogP contribution in [0, 0.1) is 45.3 Å². The van der Waals surface area contributed by atoms with Crippen LogP contribution >= 0.6 is 0 Å². The molecule has 8 aliphatic rings. The Kier molecular flexibility index (Phi) is 17.1. The van der Waals surface area contributed by atoms with Crippen LogP contribution < -0.4 is 0 Å². The van der Waals surface area contributed by atoms with Crippen molar-refractivity contribution >= 4 is 5.78 Å². The van der Waals surface area contributed by atoms with E-state index in [0.29, 0.717) is 32.1 Å². The summed E-state index contributed by atoms with van der Waals surface area (Å²) in [6.07, 6.45) is -22.3. The highest BCUT2D eigenvalue weighted by Gasteiger charge is 2.73. The molecule has 22 nitrogen and oxygen atoms in total. The number of carbonyl (C=O) groups is 1. The van der Waals surface area contributed by atoms with Crippen molar-refractivity contribution in [1.82, 2.24) is 0 Å². The molecule has 74 heavy (non-hydrogen) atoms. The van der Waals surface area contributed by atoms with E-state index in [1.807, 2.05) is 0 Å². The van der Waals surface area contributed by atoms with Gasteiger partial charge in [-0.2, -0.15) is 0 Å². The molecule has 27 atom stereocenters. The molecule has 8 rings (SSSR count). The molecule has 0 amide bonds. The standard InChI is InChI=1S/C52H86O22/c1-23-33(58)36(61)39(64)44(69-23)74-42-40(72-46-41(37(62)35(60)28(19-53)70-46)73-43-38(63)34(59)26(56)20-67-43)27(57)21-68-45(42)71-31-13-16-49(6)29(48(31,4)5)12-17-50(7)30(49)11-10-24-32(25(55)18-52(24,50)22-54)51(8,66)15-9-14-47(2,3)65/h9,14,23-24,26-46,53-54,56-66H,10-13,15-22H2,1-8H3/b14-9+/t23-,24+,26+,27-,28+,29-,30+,31-,32+,33-,34-,35+,36+,37-,38+,39+,40-,41+,42+,43-,44-,45-,46-,49-,50+,51-,52-/m0/s1. The van der Waals surface area contributed by atoms with Crippen LogP contribution in [0.15, 0.2) is 12.2 Å². The number of aliphatic hydroxyl groups excluding tert-OH is 11. The van der Waals surface area contributed by atoms with Crippen LogP contribution in [-0.2, 0) is 42.7 Å². The predicted molar refractivity (Wildman–Crippen MR) is 255 cm³/mol. The summed E-state index contributed by atoms with van der Waals surface area (Å²) in [5, 5.41) is 142. The van der Waals surface area contributed by atoms with Crippen molar-refractivity contribution in [3.8, 4) is 0 Å². The first-order valence-corrected chi connectivity index (χ1v) is 26.6. The van der Waals surface area contributed by atoms with Crippen LogP contribution in [0.2, 0.25) is 0 Å². The molecule has 4 heterocycles. The molecule has 0 unspecified atom stereocenters. The Labute approximate surface area is 432 Å². The average molecular weight is 1060 g/mol. The molecule has 426 valence electrons. The van der Waals surface area contributed by atoms with Gasteiger partial charge in [-0.1, -0.05) is 39.8 Å². The van der Waals surface area contributed by atoms with Crippen molar-refractivity contribution in [3.05, 3.63) is 12.2 Å². The second-order valence-corrected chi connectivity index (χ2v) is 25.0. The molecule has 4 saturated carbocycles. The van der Waals surface area contributed by atoms with Crippen molar-refractivity contribution in [2.24, 2.45) is 45.3 Å². The van der Waals surface area contributed by atoms with Crippen molar-refractivity contribution in [1.29, 1.82) is 0 Å². The number of Topliss-reactive ketones (excluding diaryl/α,β-unsaturated/α-hetero) is 1. The van der Waals surface area contributed by atoms with Crippen LogP contribution in [0.1, 0.15) is 107 Å². The van der Waals surface area contributed by atoms with Crippen molar-refractivity contribution < 1.29 is 109 Å². The van der Waals surface area contributed by atoms with E-state index in [1.54, 1.807) is 32.9 Å². The summed E-state index contributed by atoms with van der Waals surface area (Å²) in [5.74, 6) is -0.918. The summed E-state index contributed by atoms with van der Waals surface area (Å²) in [7, 11) is 0. The fourth-order valence-corrected chi connectivity index (χ4v) is 15.5. The van der Waals surface area contributed by atoms with E-state index in [4.69, 9.17) is 37.9 Å². The molecule has 8 fully saturated rings. The molecule has 13 N–H and O–H groups in total. The van der Waals surface area contributed by atoms with Gasteiger partial charge in [0.2, 0.25) is 0 Å². The summed E-state index contributed by atoms with van der Waals surface area (Å²) >= 11 is 0. The number of aliphatic hydroxyl groups is 13. The molecule has 0 aromatic heterocycles. The minimum absolute atomic E-state index is 0.0255. The SMILES string of the molecule is C[C@@H]1O[C@@H](O[C@H]2[C@H](O[C@H]3CC[C@]4(C)[C@H]5CC[C@@H]6[C@@H]([C@@](C)(O)C/C=C/C(C)(C)O)C(=O)C[C@@]6(CO)[C@]5(C)CC[C@H]4C3(C)C)OC[C@H](O)[C@@H]2O[C@@H]2O[C@H](CO)[C@@H](O)[C@H](O)[C@H]2O[C@@H]2OC[C@@H](O)[C@H](O)[C@H]2O)[C@H](O)[C@H](O)[C@H]1O. The van der Waals surface area contributed by atoms with Gasteiger partial charge in [0, 0.05) is 24.4 Å². The first-order valence-electron chi connectivity index (χ1n) is 26.6. The molecule has 0 aromatic rings. The number of ether oxygens (including phenoxy) is 8. The Morgan fingerprint density at radius 2 is 1.28 bits per heavy atom. The highest BCUT2D eigenvalue weighted by atomic mass is 16.8. The summed E-state index contributed by atoms with van der Waals surface area (Å²) in [4.78, 5) is 14.3. The van der Waals surface area contributed by atoms with E-state index in [0.717, 1.165) is 6.42 Å². The molecule has 0 aromatic carbocycles. The van der Waals surface area contributed by atoms with Gasteiger partial charge in [-0.25, -0.2) is 0 Å². The topological polar surface area (TPSA) is 354 Å². The highest BCUT2D eigenvalue weighted by Crippen LogP contribution is 2.75. The first-order chi connectivity index (χ1) is 34.5. The molecule has 22 heteroatoms. The molecule has 4 aliphatic heterocycles. The summed E-state index contributed by atoms with van der Waals surface area (Å²) < 4.78 is 49.2. The Morgan fingerprint density at radius 3 is 1.95 bits per heavy atom. The smallest absolute Gasteiger partial charge is 0.187 e. The van der Waals surface area contributed by atoms with E-state index in [-0.39, 0.29) is 48.4 Å². The fourth-order valence-electron chi connectivity index (χ4n) is 15.5. The highest BCUT2D eigenvalue weighted by molar-refractivity contribution is 5.86. The third-order valence-corrected chi connectivity index (χ3v) is 19.5.